The molecule has 0 saturated heterocycles. The van der Waals surface area contributed by atoms with Crippen LogP contribution in [-0.2, 0) is 0 Å². The summed E-state index contributed by atoms with van der Waals surface area (Å²) in [5.41, 5.74) is 0.801. The number of thioether (sulfide) groups is 1. The smallest absolute Gasteiger partial charge is 0.276 e. The molecule has 0 aliphatic carbocycles. The van der Waals surface area contributed by atoms with Gasteiger partial charge in [-0.25, -0.2) is 0 Å². The molecular weight excluding hydrogens is 276 g/mol. The van der Waals surface area contributed by atoms with Gasteiger partial charge in [0.15, 0.2) is 0 Å². The van der Waals surface area contributed by atoms with Crippen molar-refractivity contribution in [3.05, 3.63) is 24.3 Å². The number of hydrogen-bond donors (Lipinski definition) is 1. The lowest BCUT2D eigenvalue weighted by Gasteiger charge is -2.03. The van der Waals surface area contributed by atoms with Gasteiger partial charge in [0.1, 0.15) is 5.75 Å². The number of hydrogen-bond acceptors (Lipinski definition) is 6. The molecule has 2 aromatic rings. The lowest BCUT2D eigenvalue weighted by Crippen LogP contribution is -1.87. The molecule has 0 aliphatic heterocycles. The molecule has 0 radical (unpaired) electrons. The predicted molar refractivity (Wildman–Crippen MR) is 77.9 cm³/mol. The monoisotopic (exact) mass is 294 g/mol. The minimum Gasteiger partial charge on any atom is -0.496 e. The number of rotatable bonds is 8. The Labute approximate surface area is 122 Å². The lowest BCUT2D eigenvalue weighted by molar-refractivity contribution is 0.284. The number of aromatic nitrogens is 2. The quantitative estimate of drug-likeness (QED) is 0.596. The van der Waals surface area contributed by atoms with Crippen LogP contribution < -0.4 is 4.74 Å². The summed E-state index contributed by atoms with van der Waals surface area (Å²) < 4.78 is 10.9. The average Bonchev–Trinajstić information content (AvgIpc) is 2.95. The van der Waals surface area contributed by atoms with Crippen LogP contribution in [0, 0.1) is 0 Å². The highest BCUT2D eigenvalue weighted by atomic mass is 32.2. The molecule has 0 spiro atoms. The summed E-state index contributed by atoms with van der Waals surface area (Å²) in [5.74, 6) is 2.10. The molecule has 1 N–H and O–H groups in total. The van der Waals surface area contributed by atoms with Crippen LogP contribution in [0.25, 0.3) is 11.5 Å². The maximum atomic E-state index is 8.70. The van der Waals surface area contributed by atoms with E-state index in [1.165, 1.54) is 11.8 Å². The van der Waals surface area contributed by atoms with E-state index in [2.05, 4.69) is 10.2 Å². The van der Waals surface area contributed by atoms with Crippen molar-refractivity contribution in [3.8, 4) is 17.2 Å². The molecule has 0 amide bonds. The first kappa shape index (κ1) is 14.9. The maximum absolute atomic E-state index is 8.70. The fraction of sp³-hybridized carbons (Fsp3) is 0.429. The first-order valence-electron chi connectivity index (χ1n) is 6.55. The van der Waals surface area contributed by atoms with Gasteiger partial charge in [0.05, 0.1) is 12.7 Å². The zero-order chi connectivity index (χ0) is 14.2. The van der Waals surface area contributed by atoms with Gasteiger partial charge < -0.3 is 14.3 Å². The van der Waals surface area contributed by atoms with Crippen molar-refractivity contribution in [2.75, 3.05) is 19.5 Å². The van der Waals surface area contributed by atoms with E-state index in [0.717, 1.165) is 36.3 Å². The fourth-order valence-corrected chi connectivity index (χ4v) is 2.51. The minimum atomic E-state index is 0.253. The molecule has 108 valence electrons. The van der Waals surface area contributed by atoms with Crippen molar-refractivity contribution in [2.24, 2.45) is 0 Å². The lowest BCUT2D eigenvalue weighted by atomic mass is 10.2. The zero-order valence-corrected chi connectivity index (χ0v) is 12.2. The molecule has 6 heteroatoms. The summed E-state index contributed by atoms with van der Waals surface area (Å²) in [6, 6.07) is 7.56. The van der Waals surface area contributed by atoms with Crippen LogP contribution in [0.1, 0.15) is 19.3 Å². The Morgan fingerprint density at radius 2 is 2.05 bits per heavy atom. The third-order valence-corrected chi connectivity index (χ3v) is 3.68. The van der Waals surface area contributed by atoms with Gasteiger partial charge in [0.2, 0.25) is 0 Å². The van der Waals surface area contributed by atoms with Crippen LogP contribution in [0.3, 0.4) is 0 Å². The Morgan fingerprint density at radius 1 is 1.20 bits per heavy atom. The van der Waals surface area contributed by atoms with E-state index in [9.17, 15) is 0 Å². The molecule has 0 unspecified atom stereocenters. The minimum absolute atomic E-state index is 0.253. The Bertz CT molecular complexity index is 531. The summed E-state index contributed by atoms with van der Waals surface area (Å²) >= 11 is 1.54. The number of ether oxygens (including phenoxy) is 1. The van der Waals surface area contributed by atoms with Crippen molar-refractivity contribution in [2.45, 2.75) is 24.5 Å². The second-order valence-corrected chi connectivity index (χ2v) is 5.25. The van der Waals surface area contributed by atoms with Crippen molar-refractivity contribution in [3.63, 3.8) is 0 Å². The first-order valence-corrected chi connectivity index (χ1v) is 7.54. The highest BCUT2D eigenvalue weighted by molar-refractivity contribution is 7.99. The van der Waals surface area contributed by atoms with E-state index < -0.39 is 0 Å². The second-order valence-electron chi connectivity index (χ2n) is 4.21. The summed E-state index contributed by atoms with van der Waals surface area (Å²) in [5, 5.41) is 17.3. The van der Waals surface area contributed by atoms with Crippen LogP contribution in [0.2, 0.25) is 0 Å². The normalized spacial score (nSPS) is 10.7. The summed E-state index contributed by atoms with van der Waals surface area (Å²) in [7, 11) is 1.62. The van der Waals surface area contributed by atoms with E-state index in [4.69, 9.17) is 14.3 Å². The van der Waals surface area contributed by atoms with Gasteiger partial charge in [0, 0.05) is 12.4 Å². The first-order chi connectivity index (χ1) is 9.85. The topological polar surface area (TPSA) is 68.4 Å². The summed E-state index contributed by atoms with van der Waals surface area (Å²) in [4.78, 5) is 0. The molecule has 0 atom stereocenters. The average molecular weight is 294 g/mol. The Balaban J connectivity index is 1.95. The van der Waals surface area contributed by atoms with Crippen LogP contribution in [0.4, 0.5) is 0 Å². The molecule has 2 rings (SSSR count). The molecule has 5 nitrogen and oxygen atoms in total. The van der Waals surface area contributed by atoms with Gasteiger partial charge in [-0.2, -0.15) is 0 Å². The Kier molecular flexibility index (Phi) is 5.88. The standard InChI is InChI=1S/C14H18N2O3S/c1-18-12-8-4-3-7-11(12)13-15-16-14(19-13)20-10-6-2-5-9-17/h3-4,7-8,17H,2,5-6,9-10H2,1H3. The van der Waals surface area contributed by atoms with E-state index in [1.54, 1.807) is 7.11 Å². The molecular formula is C14H18N2O3S. The van der Waals surface area contributed by atoms with Gasteiger partial charge >= 0.3 is 0 Å². The predicted octanol–water partition coefficient (Wildman–Crippen LogP) is 3.00. The molecule has 0 aliphatic rings. The number of para-hydroxylation sites is 1. The van der Waals surface area contributed by atoms with Gasteiger partial charge in [-0.1, -0.05) is 30.3 Å². The van der Waals surface area contributed by atoms with E-state index in [-0.39, 0.29) is 6.61 Å². The van der Waals surface area contributed by atoms with Crippen molar-refractivity contribution < 1.29 is 14.3 Å². The molecule has 0 fully saturated rings. The number of aliphatic hydroxyl groups excluding tert-OH is 1. The number of benzene rings is 1. The highest BCUT2D eigenvalue weighted by Crippen LogP contribution is 2.30. The van der Waals surface area contributed by atoms with Crippen molar-refractivity contribution in [1.29, 1.82) is 0 Å². The molecule has 1 heterocycles. The number of unbranched alkanes of at least 4 members (excludes halogenated alkanes) is 2. The third-order valence-electron chi connectivity index (χ3n) is 2.77. The van der Waals surface area contributed by atoms with E-state index in [1.807, 2.05) is 24.3 Å². The maximum Gasteiger partial charge on any atom is 0.276 e. The van der Waals surface area contributed by atoms with E-state index >= 15 is 0 Å². The largest absolute Gasteiger partial charge is 0.496 e. The molecule has 20 heavy (non-hydrogen) atoms. The van der Waals surface area contributed by atoms with Gasteiger partial charge in [-0.05, 0) is 25.0 Å². The fourth-order valence-electron chi connectivity index (χ4n) is 1.75. The van der Waals surface area contributed by atoms with Gasteiger partial charge in [-0.15, -0.1) is 10.2 Å². The van der Waals surface area contributed by atoms with Crippen molar-refractivity contribution in [1.82, 2.24) is 10.2 Å². The number of nitrogens with zero attached hydrogens (tertiary/aromatic N) is 2. The molecule has 1 aromatic carbocycles. The van der Waals surface area contributed by atoms with Crippen LogP contribution in [0.15, 0.2) is 33.9 Å². The zero-order valence-electron chi connectivity index (χ0n) is 11.4. The highest BCUT2D eigenvalue weighted by Gasteiger charge is 2.12. The SMILES string of the molecule is COc1ccccc1-c1nnc(SCCCCCO)o1. The number of aliphatic hydroxyl groups is 1. The van der Waals surface area contributed by atoms with Crippen molar-refractivity contribution >= 4 is 11.8 Å². The second kappa shape index (κ2) is 7.91. The molecule has 0 bridgehead atoms. The Hall–Kier alpha value is -1.53. The Morgan fingerprint density at radius 3 is 2.85 bits per heavy atom. The summed E-state index contributed by atoms with van der Waals surface area (Å²) in [6.07, 6.45) is 2.88. The summed E-state index contributed by atoms with van der Waals surface area (Å²) in [6.45, 7) is 0.253. The van der Waals surface area contributed by atoms with Crippen LogP contribution in [0.5, 0.6) is 5.75 Å². The van der Waals surface area contributed by atoms with Gasteiger partial charge in [0.25, 0.3) is 11.1 Å². The van der Waals surface area contributed by atoms with Crippen LogP contribution >= 0.6 is 11.8 Å². The van der Waals surface area contributed by atoms with Gasteiger partial charge in [-0.3, -0.25) is 0 Å². The number of methoxy groups -OCH3 is 1. The van der Waals surface area contributed by atoms with Crippen LogP contribution in [-0.4, -0.2) is 34.8 Å². The van der Waals surface area contributed by atoms with E-state index in [0.29, 0.717) is 11.1 Å². The molecule has 1 aromatic heterocycles. The molecule has 0 saturated carbocycles. The third kappa shape index (κ3) is 3.98.